The van der Waals surface area contributed by atoms with Gasteiger partial charge in [0.15, 0.2) is 0 Å². The molecule has 0 amide bonds. The Morgan fingerprint density at radius 2 is 0.679 bits per heavy atom. The van der Waals surface area contributed by atoms with Crippen molar-refractivity contribution in [2.45, 2.75) is 12.8 Å². The first-order valence-corrected chi connectivity index (χ1v) is 19.7. The van der Waals surface area contributed by atoms with Crippen LogP contribution in [0.5, 0.6) is 0 Å². The first kappa shape index (κ1) is 31.2. The molecule has 262 valence electrons. The van der Waals surface area contributed by atoms with E-state index in [-0.39, 0.29) is 0 Å². The largest absolute Gasteiger partial charge is 0.310 e. The molecular weight excluding hydrogens is 677 g/mol. The van der Waals surface area contributed by atoms with Gasteiger partial charge in [0.25, 0.3) is 0 Å². The van der Waals surface area contributed by atoms with E-state index in [9.17, 15) is 0 Å². The van der Waals surface area contributed by atoms with Gasteiger partial charge in [0.1, 0.15) is 0 Å². The smallest absolute Gasteiger partial charge is 0.0541 e. The van der Waals surface area contributed by atoms with Crippen LogP contribution < -0.4 is 10.6 Å². The van der Waals surface area contributed by atoms with Crippen LogP contribution in [0.2, 0.25) is 0 Å². The summed E-state index contributed by atoms with van der Waals surface area (Å²) in [5.41, 5.74) is 10.9. The van der Waals surface area contributed by atoms with Crippen molar-refractivity contribution in [1.82, 2.24) is 9.13 Å². The summed E-state index contributed by atoms with van der Waals surface area (Å²) in [7, 11) is 0. The average Bonchev–Trinajstić information content (AvgIpc) is 3.78. The summed E-state index contributed by atoms with van der Waals surface area (Å²) in [6.07, 6.45) is 6.98. The molecule has 0 saturated heterocycles. The molecule has 2 heterocycles. The van der Waals surface area contributed by atoms with Gasteiger partial charge in [-0.3, -0.25) is 0 Å². The second kappa shape index (κ2) is 12.2. The van der Waals surface area contributed by atoms with E-state index in [1.165, 1.54) is 109 Å². The minimum absolute atomic E-state index is 1.07. The van der Waals surface area contributed by atoms with Gasteiger partial charge in [-0.2, -0.15) is 0 Å². The summed E-state index contributed by atoms with van der Waals surface area (Å²) < 4.78 is 4.85. The number of aromatic nitrogens is 2. The molecule has 0 atom stereocenters. The lowest BCUT2D eigenvalue weighted by atomic mass is 9.92. The van der Waals surface area contributed by atoms with Gasteiger partial charge < -0.3 is 9.13 Å². The van der Waals surface area contributed by atoms with Gasteiger partial charge in [-0.15, -0.1) is 0 Å². The lowest BCUT2D eigenvalue weighted by molar-refractivity contribution is 1.02. The number of hydrogen-bond acceptors (Lipinski definition) is 0. The first-order chi connectivity index (χ1) is 27.8. The van der Waals surface area contributed by atoms with Crippen molar-refractivity contribution in [2.75, 3.05) is 0 Å². The molecule has 0 N–H and O–H groups in total. The van der Waals surface area contributed by atoms with E-state index < -0.39 is 0 Å². The monoisotopic (exact) mass is 712 g/mol. The Morgan fingerprint density at radius 3 is 1.23 bits per heavy atom. The Kier molecular flexibility index (Phi) is 6.79. The zero-order valence-corrected chi connectivity index (χ0v) is 30.8. The minimum Gasteiger partial charge on any atom is -0.310 e. The lowest BCUT2D eigenvalue weighted by Crippen LogP contribution is -2.30. The minimum atomic E-state index is 1.07. The van der Waals surface area contributed by atoms with Crippen molar-refractivity contribution < 1.29 is 0 Å². The molecule has 1 aliphatic carbocycles. The molecule has 0 spiro atoms. The lowest BCUT2D eigenvalue weighted by Gasteiger charge is -2.12. The molecule has 2 heteroatoms. The van der Waals surface area contributed by atoms with Crippen LogP contribution in [0.25, 0.3) is 111 Å². The molecule has 0 fully saturated rings. The van der Waals surface area contributed by atoms with Gasteiger partial charge in [0.05, 0.1) is 16.6 Å². The van der Waals surface area contributed by atoms with Crippen LogP contribution in [0.1, 0.15) is 12.8 Å². The molecular formula is C54H36N2. The van der Waals surface area contributed by atoms with Crippen molar-refractivity contribution in [1.29, 1.82) is 0 Å². The van der Waals surface area contributed by atoms with Crippen LogP contribution >= 0.6 is 0 Å². The third kappa shape index (κ3) is 4.63. The Balaban J connectivity index is 1.07. The molecule has 2 aromatic heterocycles. The highest BCUT2D eigenvalue weighted by Crippen LogP contribution is 2.40. The number of nitrogens with zero attached hydrogens (tertiary/aromatic N) is 2. The average molecular weight is 713 g/mol. The van der Waals surface area contributed by atoms with Crippen LogP contribution in [0, 0.1) is 0 Å². The fourth-order valence-corrected chi connectivity index (χ4v) is 9.56. The van der Waals surface area contributed by atoms with Gasteiger partial charge in [0.2, 0.25) is 0 Å². The van der Waals surface area contributed by atoms with Crippen molar-refractivity contribution in [3.63, 3.8) is 0 Å². The van der Waals surface area contributed by atoms with E-state index in [2.05, 4.69) is 203 Å². The highest BCUT2D eigenvalue weighted by Gasteiger charge is 2.17. The molecule has 0 saturated carbocycles. The summed E-state index contributed by atoms with van der Waals surface area (Å²) in [6.45, 7) is 0. The molecule has 2 nitrogen and oxygen atoms in total. The number of para-hydroxylation sites is 2. The van der Waals surface area contributed by atoms with Gasteiger partial charge in [-0.1, -0.05) is 127 Å². The predicted molar refractivity (Wildman–Crippen MR) is 238 cm³/mol. The SMILES string of the molecule is C1=c2c(n(-c3ccccc3)c3ccc(-c4ccc5c(c4)c4cc(-c6ccc7c8ccccc8c8ccccc8c7c6)ccc4n5-c4ccccc4)cc23)=CCC1. The molecule has 0 unspecified atom stereocenters. The van der Waals surface area contributed by atoms with E-state index in [0.717, 1.165) is 12.8 Å². The quantitative estimate of drug-likeness (QED) is 0.161. The van der Waals surface area contributed by atoms with E-state index in [1.54, 1.807) is 0 Å². The van der Waals surface area contributed by atoms with Gasteiger partial charge in [0, 0.05) is 38.1 Å². The fourth-order valence-electron chi connectivity index (χ4n) is 9.56. The van der Waals surface area contributed by atoms with Crippen molar-refractivity contribution in [3.05, 3.63) is 193 Å². The number of hydrogen-bond donors (Lipinski definition) is 0. The summed E-state index contributed by atoms with van der Waals surface area (Å²) in [5.74, 6) is 0. The van der Waals surface area contributed by atoms with E-state index in [1.807, 2.05) is 0 Å². The maximum Gasteiger partial charge on any atom is 0.0541 e. The van der Waals surface area contributed by atoms with Crippen LogP contribution in [-0.4, -0.2) is 9.13 Å². The Hall–Kier alpha value is -7.16. The van der Waals surface area contributed by atoms with Crippen molar-refractivity contribution in [2.24, 2.45) is 0 Å². The van der Waals surface area contributed by atoms with E-state index in [0.29, 0.717) is 0 Å². The topological polar surface area (TPSA) is 9.86 Å². The summed E-state index contributed by atoms with van der Waals surface area (Å²) in [6, 6.07) is 67.3. The standard InChI is InChI=1S/C54H36N2/c1-3-13-39(14-4-1)55-51-22-12-11-21-46(51)48-32-36(24-28-52(48)55)38-26-30-54-50(34-38)49-33-37(25-29-53(49)56(54)40-15-5-2-6-16-40)35-23-27-45-43-19-8-7-17-41(43)42-18-9-10-20-44(42)47(45)31-35/h1-10,13-34H,11-12H2. The number of rotatable bonds is 4. The van der Waals surface area contributed by atoms with Crippen LogP contribution in [0.4, 0.5) is 0 Å². The maximum atomic E-state index is 2.43. The third-order valence-corrected chi connectivity index (χ3v) is 12.1. The van der Waals surface area contributed by atoms with Gasteiger partial charge in [-0.25, -0.2) is 0 Å². The first-order valence-electron chi connectivity index (χ1n) is 19.7. The van der Waals surface area contributed by atoms with Crippen LogP contribution in [0.3, 0.4) is 0 Å². The van der Waals surface area contributed by atoms with Gasteiger partial charge >= 0.3 is 0 Å². The molecule has 0 radical (unpaired) electrons. The van der Waals surface area contributed by atoms with Crippen LogP contribution in [0.15, 0.2) is 182 Å². The molecule has 12 rings (SSSR count). The Morgan fingerprint density at radius 1 is 0.286 bits per heavy atom. The fraction of sp³-hybridized carbons (Fsp3) is 0.0370. The zero-order valence-electron chi connectivity index (χ0n) is 30.8. The number of benzene rings is 9. The highest BCUT2D eigenvalue weighted by atomic mass is 15.0. The van der Waals surface area contributed by atoms with Gasteiger partial charge in [-0.05, 0) is 134 Å². The summed E-state index contributed by atoms with van der Waals surface area (Å²) in [4.78, 5) is 0. The molecule has 1 aliphatic rings. The molecule has 11 aromatic rings. The molecule has 0 bridgehead atoms. The Labute approximate surface area is 324 Å². The van der Waals surface area contributed by atoms with Crippen molar-refractivity contribution >= 4 is 77.2 Å². The van der Waals surface area contributed by atoms with Crippen molar-refractivity contribution in [3.8, 4) is 33.6 Å². The number of fused-ring (bicyclic) bond motifs is 12. The highest BCUT2D eigenvalue weighted by molar-refractivity contribution is 6.26. The zero-order chi connectivity index (χ0) is 36.7. The van der Waals surface area contributed by atoms with E-state index >= 15 is 0 Å². The Bertz CT molecular complexity index is 3480. The third-order valence-electron chi connectivity index (χ3n) is 12.1. The second-order valence-electron chi connectivity index (χ2n) is 15.2. The summed E-state index contributed by atoms with van der Waals surface area (Å²) >= 11 is 0. The van der Waals surface area contributed by atoms with E-state index in [4.69, 9.17) is 0 Å². The normalized spacial score (nSPS) is 12.8. The maximum absolute atomic E-state index is 2.43. The second-order valence-corrected chi connectivity index (χ2v) is 15.2. The molecule has 56 heavy (non-hydrogen) atoms. The molecule has 0 aliphatic heterocycles. The molecule has 9 aromatic carbocycles. The summed E-state index contributed by atoms with van der Waals surface area (Å²) in [5, 5.41) is 14.2. The predicted octanol–water partition coefficient (Wildman–Crippen LogP) is 12.9. The van der Waals surface area contributed by atoms with Crippen LogP contribution in [-0.2, 0) is 0 Å².